The van der Waals surface area contributed by atoms with Crippen LogP contribution in [0.25, 0.3) is 10.9 Å². The largest absolute Gasteiger partial charge is 0.497 e. The number of nitrogens with one attached hydrogen (secondary N) is 1. The number of benzene rings is 1. The number of aromatic nitrogens is 1. The van der Waals surface area contributed by atoms with Crippen LogP contribution in [0.5, 0.6) is 5.75 Å². The highest BCUT2D eigenvalue weighted by Gasteiger charge is 2.25. The summed E-state index contributed by atoms with van der Waals surface area (Å²) in [5, 5.41) is 0.681. The highest BCUT2D eigenvalue weighted by atomic mass is 19.4. The van der Waals surface area contributed by atoms with Crippen molar-refractivity contribution in [1.29, 1.82) is 0 Å². The summed E-state index contributed by atoms with van der Waals surface area (Å²) in [6.07, 6.45) is 2.86. The fourth-order valence-electron chi connectivity index (χ4n) is 3.55. The lowest BCUT2D eigenvalue weighted by Crippen LogP contribution is -2.13. The van der Waals surface area contributed by atoms with Crippen LogP contribution in [-0.4, -0.2) is 18.3 Å². The first-order valence-corrected chi connectivity index (χ1v) is 10.1. The minimum atomic E-state index is -4.02. The first kappa shape index (κ1) is 22.3. The summed E-state index contributed by atoms with van der Waals surface area (Å²) in [7, 11) is 1.60. The van der Waals surface area contributed by atoms with Crippen molar-refractivity contribution in [1.82, 2.24) is 4.98 Å². The number of fused-ring (bicyclic) bond motifs is 1. The lowest BCUT2D eigenvalue weighted by molar-refractivity contribution is -0.135. The summed E-state index contributed by atoms with van der Waals surface area (Å²) in [6, 6.07) is 5.43. The minimum absolute atomic E-state index is 0.0820. The summed E-state index contributed by atoms with van der Waals surface area (Å²) in [4.78, 5) is 16.1. The zero-order valence-electron chi connectivity index (χ0n) is 16.8. The van der Waals surface area contributed by atoms with Crippen LogP contribution in [0.15, 0.2) is 23.0 Å². The van der Waals surface area contributed by atoms with Gasteiger partial charge in [0.05, 0.1) is 12.6 Å². The molecule has 0 bridgehead atoms. The average molecular weight is 397 g/mol. The number of hydrogen-bond acceptors (Lipinski definition) is 2. The van der Waals surface area contributed by atoms with E-state index in [1.807, 2.05) is 13.0 Å². The average Bonchev–Trinajstić information content (AvgIpc) is 2.64. The van der Waals surface area contributed by atoms with Gasteiger partial charge in [-0.3, -0.25) is 4.79 Å². The topological polar surface area (TPSA) is 42.1 Å². The van der Waals surface area contributed by atoms with Crippen molar-refractivity contribution in [3.63, 3.8) is 0 Å². The molecule has 156 valence electrons. The maximum atomic E-state index is 12.7. The van der Waals surface area contributed by atoms with E-state index in [2.05, 4.69) is 4.98 Å². The molecule has 1 aromatic carbocycles. The number of halogens is 3. The quantitative estimate of drug-likeness (QED) is 0.442. The molecule has 0 aliphatic carbocycles. The predicted octanol–water partition coefficient (Wildman–Crippen LogP) is 6.46. The van der Waals surface area contributed by atoms with Crippen molar-refractivity contribution in [3.05, 3.63) is 39.7 Å². The number of ether oxygens (including phenoxy) is 1. The van der Waals surface area contributed by atoms with Gasteiger partial charge in [-0.15, -0.1) is 0 Å². The van der Waals surface area contributed by atoms with Crippen LogP contribution in [0.4, 0.5) is 13.2 Å². The monoisotopic (exact) mass is 397 g/mol. The Balaban J connectivity index is 1.72. The van der Waals surface area contributed by atoms with Gasteiger partial charge in [-0.05, 0) is 38.3 Å². The van der Waals surface area contributed by atoms with Crippen molar-refractivity contribution < 1.29 is 17.9 Å². The van der Waals surface area contributed by atoms with Crippen LogP contribution in [0.1, 0.15) is 69.0 Å². The van der Waals surface area contributed by atoms with E-state index in [0.29, 0.717) is 17.6 Å². The SMILES string of the molecule is COc1ccc2c(=O)c(CCCCCCCCCCC(F)(F)F)c(C)[nH]c2c1. The number of rotatable bonds is 11. The Bertz CT molecular complexity index is 812. The summed E-state index contributed by atoms with van der Waals surface area (Å²) in [5.74, 6) is 0.716. The van der Waals surface area contributed by atoms with Crippen LogP contribution in [0.2, 0.25) is 0 Å². The Morgan fingerprint density at radius 1 is 0.964 bits per heavy atom. The second kappa shape index (κ2) is 10.5. The molecule has 0 unspecified atom stereocenters. The summed E-state index contributed by atoms with van der Waals surface area (Å²) in [6.45, 7) is 1.93. The number of aryl methyl sites for hydroxylation is 1. The molecular formula is C22H30F3NO2. The second-order valence-corrected chi connectivity index (χ2v) is 7.41. The number of aromatic amines is 1. The third kappa shape index (κ3) is 6.88. The Hall–Kier alpha value is -1.98. The molecule has 28 heavy (non-hydrogen) atoms. The molecule has 0 aliphatic heterocycles. The highest BCUT2D eigenvalue weighted by Crippen LogP contribution is 2.23. The van der Waals surface area contributed by atoms with E-state index in [-0.39, 0.29) is 11.8 Å². The van der Waals surface area contributed by atoms with Crippen molar-refractivity contribution in [3.8, 4) is 5.75 Å². The molecule has 1 aromatic heterocycles. The molecule has 2 aromatic rings. The predicted molar refractivity (Wildman–Crippen MR) is 107 cm³/mol. The van der Waals surface area contributed by atoms with Crippen molar-refractivity contribution in [2.24, 2.45) is 0 Å². The minimum Gasteiger partial charge on any atom is -0.497 e. The van der Waals surface area contributed by atoms with E-state index in [1.54, 1.807) is 19.2 Å². The van der Waals surface area contributed by atoms with Crippen LogP contribution < -0.4 is 10.2 Å². The Labute approximate surface area is 164 Å². The van der Waals surface area contributed by atoms with E-state index >= 15 is 0 Å². The molecule has 2 rings (SSSR count). The number of pyridine rings is 1. The van der Waals surface area contributed by atoms with E-state index in [0.717, 1.165) is 61.7 Å². The lowest BCUT2D eigenvalue weighted by atomic mass is 10.0. The number of unbranched alkanes of at least 4 members (excludes halogenated alkanes) is 7. The number of alkyl halides is 3. The van der Waals surface area contributed by atoms with Gasteiger partial charge in [0.15, 0.2) is 5.43 Å². The molecule has 0 aliphatic rings. The molecule has 0 radical (unpaired) electrons. The van der Waals surface area contributed by atoms with Crippen LogP contribution in [0, 0.1) is 6.92 Å². The van der Waals surface area contributed by atoms with Crippen LogP contribution in [0.3, 0.4) is 0 Å². The Morgan fingerprint density at radius 3 is 2.18 bits per heavy atom. The van der Waals surface area contributed by atoms with Gasteiger partial charge in [0.2, 0.25) is 0 Å². The van der Waals surface area contributed by atoms with E-state index in [9.17, 15) is 18.0 Å². The molecule has 3 nitrogen and oxygen atoms in total. The van der Waals surface area contributed by atoms with Gasteiger partial charge >= 0.3 is 6.18 Å². The summed E-state index contributed by atoms with van der Waals surface area (Å²) in [5.41, 5.74) is 2.61. The van der Waals surface area contributed by atoms with Gasteiger partial charge in [-0.1, -0.05) is 38.5 Å². The fourth-order valence-corrected chi connectivity index (χ4v) is 3.55. The van der Waals surface area contributed by atoms with Gasteiger partial charge in [-0.25, -0.2) is 0 Å². The molecular weight excluding hydrogens is 367 g/mol. The summed E-state index contributed by atoms with van der Waals surface area (Å²) >= 11 is 0. The van der Waals surface area contributed by atoms with Crippen molar-refractivity contribution in [2.45, 2.75) is 77.3 Å². The molecule has 0 saturated heterocycles. The number of hydrogen-bond donors (Lipinski definition) is 1. The summed E-state index contributed by atoms with van der Waals surface area (Å²) < 4.78 is 41.4. The molecule has 6 heteroatoms. The first-order valence-electron chi connectivity index (χ1n) is 10.1. The maximum Gasteiger partial charge on any atom is 0.389 e. The number of H-pyrrole nitrogens is 1. The zero-order chi connectivity index (χ0) is 20.6. The molecule has 0 atom stereocenters. The molecule has 0 spiro atoms. The van der Waals surface area contributed by atoms with Gasteiger partial charge in [-0.2, -0.15) is 13.2 Å². The molecule has 0 saturated carbocycles. The van der Waals surface area contributed by atoms with Crippen LogP contribution in [-0.2, 0) is 6.42 Å². The standard InChI is InChI=1S/C22H30F3NO2/c1-16-18(21(27)19-13-12-17(28-2)15-20(19)26-16)11-9-7-5-3-4-6-8-10-14-22(23,24)25/h12-13,15H,3-11,14H2,1-2H3,(H,26,27). The normalized spacial score (nSPS) is 11.9. The first-order chi connectivity index (χ1) is 13.3. The van der Waals surface area contributed by atoms with Gasteiger partial charge in [0.25, 0.3) is 0 Å². The third-order valence-electron chi connectivity index (χ3n) is 5.16. The fraction of sp³-hybridized carbons (Fsp3) is 0.591. The Morgan fingerprint density at radius 2 is 1.57 bits per heavy atom. The highest BCUT2D eigenvalue weighted by molar-refractivity contribution is 5.80. The van der Waals surface area contributed by atoms with E-state index in [1.165, 1.54) is 0 Å². The van der Waals surface area contributed by atoms with E-state index < -0.39 is 12.6 Å². The third-order valence-corrected chi connectivity index (χ3v) is 5.16. The van der Waals surface area contributed by atoms with Gasteiger partial charge < -0.3 is 9.72 Å². The van der Waals surface area contributed by atoms with Gasteiger partial charge in [0, 0.05) is 29.1 Å². The molecule has 1 heterocycles. The molecule has 0 amide bonds. The zero-order valence-corrected chi connectivity index (χ0v) is 16.8. The lowest BCUT2D eigenvalue weighted by Gasteiger charge is -2.09. The van der Waals surface area contributed by atoms with Crippen molar-refractivity contribution >= 4 is 10.9 Å². The maximum absolute atomic E-state index is 12.7. The Kier molecular flexibility index (Phi) is 8.39. The molecule has 0 fully saturated rings. The van der Waals surface area contributed by atoms with Crippen molar-refractivity contribution in [2.75, 3.05) is 7.11 Å². The smallest absolute Gasteiger partial charge is 0.389 e. The van der Waals surface area contributed by atoms with E-state index in [4.69, 9.17) is 4.74 Å². The second-order valence-electron chi connectivity index (χ2n) is 7.41. The number of methoxy groups -OCH3 is 1. The molecule has 1 N–H and O–H groups in total. The van der Waals surface area contributed by atoms with Gasteiger partial charge in [0.1, 0.15) is 5.75 Å². The van der Waals surface area contributed by atoms with Crippen LogP contribution >= 0.6 is 0 Å².